The lowest BCUT2D eigenvalue weighted by molar-refractivity contribution is 1.05. The van der Waals surface area contributed by atoms with Crippen LogP contribution in [-0.4, -0.2) is 28.2 Å². The Kier molecular flexibility index (Phi) is 8.05. The SMILES string of the molecule is Cc1cc(C)nc(-c2cc(-n3c4ccccc4c4ccc(-n5c6ccccc6c6ccccc65)cc43)c(C#N)c(-n3c4ccccc4c4ccc(-n5c6ccccc6c6ccccc65)cc43)c2)n1. The van der Waals surface area contributed by atoms with Crippen LogP contribution >= 0.6 is 0 Å². The summed E-state index contributed by atoms with van der Waals surface area (Å²) >= 11 is 0. The molecule has 0 saturated heterocycles. The zero-order valence-corrected chi connectivity index (χ0v) is 37.2. The fourth-order valence-electron chi connectivity index (χ4n) is 11.2. The lowest BCUT2D eigenvalue weighted by Gasteiger charge is -2.19. The Morgan fingerprint density at radius 1 is 0.338 bits per heavy atom. The van der Waals surface area contributed by atoms with Gasteiger partial charge in [-0.05, 0) is 92.7 Å². The Balaban J connectivity index is 1.10. The Hall–Kier alpha value is -9.25. The number of benzene rings is 9. The van der Waals surface area contributed by atoms with Gasteiger partial charge in [-0.15, -0.1) is 0 Å². The van der Waals surface area contributed by atoms with Crippen molar-refractivity contribution in [2.75, 3.05) is 0 Å². The van der Waals surface area contributed by atoms with Crippen LogP contribution in [-0.2, 0) is 0 Å². The number of aromatic nitrogens is 6. The van der Waals surface area contributed by atoms with E-state index in [0.29, 0.717) is 11.4 Å². The van der Waals surface area contributed by atoms with E-state index >= 15 is 0 Å². The number of hydrogen-bond acceptors (Lipinski definition) is 3. The van der Waals surface area contributed by atoms with Crippen LogP contribution < -0.4 is 0 Å². The van der Waals surface area contributed by atoms with Gasteiger partial charge in [0.25, 0.3) is 0 Å². The van der Waals surface area contributed by atoms with Crippen LogP contribution in [0, 0.1) is 25.2 Å². The van der Waals surface area contributed by atoms with Crippen molar-refractivity contribution >= 4 is 87.2 Å². The van der Waals surface area contributed by atoms with E-state index in [9.17, 15) is 5.26 Å². The molecule has 5 heterocycles. The van der Waals surface area contributed by atoms with Gasteiger partial charge in [-0.3, -0.25) is 0 Å². The van der Waals surface area contributed by atoms with E-state index in [-0.39, 0.29) is 0 Å². The van der Waals surface area contributed by atoms with Crippen LogP contribution in [0.15, 0.2) is 200 Å². The molecule has 0 bridgehead atoms. The fraction of sp³-hybridized carbons (Fsp3) is 0.0328. The Morgan fingerprint density at radius 2 is 0.647 bits per heavy atom. The molecule has 0 amide bonds. The highest BCUT2D eigenvalue weighted by atomic mass is 15.0. The number of nitrogens with zero attached hydrogens (tertiary/aromatic N) is 7. The van der Waals surface area contributed by atoms with E-state index in [4.69, 9.17) is 9.97 Å². The molecule has 0 spiro atoms. The van der Waals surface area contributed by atoms with Crippen molar-refractivity contribution in [3.8, 4) is 40.2 Å². The molecule has 0 radical (unpaired) electrons. The van der Waals surface area contributed by atoms with Gasteiger partial charge in [0.05, 0.1) is 55.5 Å². The van der Waals surface area contributed by atoms with E-state index in [1.807, 2.05) is 19.9 Å². The molecule has 318 valence electrons. The maximum Gasteiger partial charge on any atom is 0.159 e. The molecule has 0 aliphatic carbocycles. The van der Waals surface area contributed by atoms with Crippen molar-refractivity contribution in [3.05, 3.63) is 217 Å². The molecule has 9 aromatic carbocycles. The molecule has 0 fully saturated rings. The number of nitriles is 1. The number of fused-ring (bicyclic) bond motifs is 12. The summed E-state index contributed by atoms with van der Waals surface area (Å²) in [4.78, 5) is 10.1. The average molecular weight is 870 g/mol. The van der Waals surface area contributed by atoms with Crippen LogP contribution in [0.2, 0.25) is 0 Å². The highest BCUT2D eigenvalue weighted by Crippen LogP contribution is 2.42. The maximum absolute atomic E-state index is 11.8. The first-order valence-corrected chi connectivity index (χ1v) is 23.0. The van der Waals surface area contributed by atoms with Gasteiger partial charge in [-0.25, -0.2) is 9.97 Å². The van der Waals surface area contributed by atoms with E-state index in [0.717, 1.165) is 105 Å². The third kappa shape index (κ3) is 5.40. The standard InChI is InChI=1S/C61H39N7/c1-37-31-38(2)64-61(63-37)39-32-57(67-55-25-13-7-19-46(55)48-29-27-40(34-59(48)67)65-51-21-9-3-15-42(51)43-16-4-10-22-52(43)65)50(36-62)58(33-39)68-56-26-14-8-20-47(56)49-30-28-41(35-60(49)68)66-53-23-11-5-17-44(53)45-18-6-12-24-54(45)66/h3-35H,1-2H3. The molecule has 7 nitrogen and oxygen atoms in total. The van der Waals surface area contributed by atoms with Gasteiger partial charge < -0.3 is 18.3 Å². The second-order valence-electron chi connectivity index (χ2n) is 17.8. The summed E-state index contributed by atoms with van der Waals surface area (Å²) in [6, 6.07) is 74.0. The third-order valence-electron chi connectivity index (χ3n) is 13.9. The molecule has 0 N–H and O–H groups in total. The predicted octanol–water partition coefficient (Wildman–Crippen LogP) is 15.0. The first-order valence-electron chi connectivity index (χ1n) is 23.0. The van der Waals surface area contributed by atoms with Crippen LogP contribution in [0.4, 0.5) is 0 Å². The highest BCUT2D eigenvalue weighted by Gasteiger charge is 2.25. The van der Waals surface area contributed by atoms with Crippen molar-refractivity contribution < 1.29 is 0 Å². The highest BCUT2D eigenvalue weighted by molar-refractivity contribution is 6.14. The smallest absolute Gasteiger partial charge is 0.159 e. The molecule has 0 aliphatic rings. The topological polar surface area (TPSA) is 69.3 Å². The monoisotopic (exact) mass is 869 g/mol. The van der Waals surface area contributed by atoms with Crippen LogP contribution in [0.3, 0.4) is 0 Å². The van der Waals surface area contributed by atoms with Gasteiger partial charge in [0.2, 0.25) is 0 Å². The van der Waals surface area contributed by atoms with Gasteiger partial charge in [-0.2, -0.15) is 5.26 Å². The molecule has 0 atom stereocenters. The molecular weight excluding hydrogens is 831 g/mol. The normalized spacial score (nSPS) is 12.0. The molecule has 68 heavy (non-hydrogen) atoms. The van der Waals surface area contributed by atoms with E-state index < -0.39 is 0 Å². The summed E-state index contributed by atoms with van der Waals surface area (Å²) in [7, 11) is 0. The quantitative estimate of drug-likeness (QED) is 0.173. The zero-order chi connectivity index (χ0) is 45.2. The van der Waals surface area contributed by atoms with Crippen molar-refractivity contribution in [1.29, 1.82) is 5.26 Å². The first-order chi connectivity index (χ1) is 33.5. The first kappa shape index (κ1) is 38.1. The minimum Gasteiger partial charge on any atom is -0.309 e. The number of para-hydroxylation sites is 6. The van der Waals surface area contributed by atoms with Crippen LogP contribution in [0.1, 0.15) is 17.0 Å². The average Bonchev–Trinajstić information content (AvgIpc) is 4.10. The number of aryl methyl sites for hydroxylation is 2. The second kappa shape index (κ2) is 14.4. The van der Waals surface area contributed by atoms with E-state index in [2.05, 4.69) is 218 Å². The molecular formula is C61H39N7. The molecule has 7 heteroatoms. The fourth-order valence-corrected chi connectivity index (χ4v) is 11.2. The second-order valence-corrected chi connectivity index (χ2v) is 17.8. The largest absolute Gasteiger partial charge is 0.309 e. The Morgan fingerprint density at radius 3 is 0.985 bits per heavy atom. The third-order valence-corrected chi connectivity index (χ3v) is 13.9. The molecule has 14 aromatic rings. The van der Waals surface area contributed by atoms with Gasteiger partial charge in [-0.1, -0.05) is 121 Å². The minimum atomic E-state index is 0.535. The van der Waals surface area contributed by atoms with Gasteiger partial charge >= 0.3 is 0 Å². The maximum atomic E-state index is 11.8. The lowest BCUT2D eigenvalue weighted by atomic mass is 10.0. The summed E-state index contributed by atoms with van der Waals surface area (Å²) in [6.07, 6.45) is 0. The molecule has 0 saturated carbocycles. The molecule has 0 unspecified atom stereocenters. The minimum absolute atomic E-state index is 0.535. The number of hydrogen-bond donors (Lipinski definition) is 0. The van der Waals surface area contributed by atoms with Crippen molar-refractivity contribution in [3.63, 3.8) is 0 Å². The van der Waals surface area contributed by atoms with Crippen LogP contribution in [0.5, 0.6) is 0 Å². The van der Waals surface area contributed by atoms with Crippen molar-refractivity contribution in [1.82, 2.24) is 28.2 Å². The Labute approximate surface area is 390 Å². The Bertz CT molecular complexity index is 4110. The van der Waals surface area contributed by atoms with Crippen molar-refractivity contribution in [2.24, 2.45) is 0 Å². The van der Waals surface area contributed by atoms with E-state index in [1.165, 1.54) is 21.5 Å². The van der Waals surface area contributed by atoms with Gasteiger partial charge in [0.15, 0.2) is 5.82 Å². The molecule has 5 aromatic heterocycles. The van der Waals surface area contributed by atoms with Crippen LogP contribution in [0.25, 0.3) is 121 Å². The summed E-state index contributed by atoms with van der Waals surface area (Å²) < 4.78 is 9.28. The summed E-state index contributed by atoms with van der Waals surface area (Å²) in [6.45, 7) is 4.02. The summed E-state index contributed by atoms with van der Waals surface area (Å²) in [5.41, 5.74) is 15.2. The predicted molar refractivity (Wildman–Crippen MR) is 279 cm³/mol. The van der Waals surface area contributed by atoms with Gasteiger partial charge in [0.1, 0.15) is 11.6 Å². The zero-order valence-electron chi connectivity index (χ0n) is 37.2. The van der Waals surface area contributed by atoms with Gasteiger partial charge in [0, 0.05) is 71.4 Å². The lowest BCUT2D eigenvalue weighted by Crippen LogP contribution is -2.06. The summed E-state index contributed by atoms with van der Waals surface area (Å²) in [5.74, 6) is 0.605. The van der Waals surface area contributed by atoms with E-state index in [1.54, 1.807) is 0 Å². The molecule has 0 aliphatic heterocycles. The molecule has 14 rings (SSSR count). The number of rotatable bonds is 5. The summed E-state index contributed by atoms with van der Waals surface area (Å²) in [5, 5.41) is 21.0. The van der Waals surface area contributed by atoms with Crippen molar-refractivity contribution in [2.45, 2.75) is 13.8 Å².